The lowest BCUT2D eigenvalue weighted by Crippen LogP contribution is -2.55. The number of halogens is 4. The summed E-state index contributed by atoms with van der Waals surface area (Å²) >= 11 is 0. The Kier molecular flexibility index (Phi) is 3.13. The lowest BCUT2D eigenvalue weighted by molar-refractivity contribution is -0.0833. The molecule has 6 heteroatoms. The van der Waals surface area contributed by atoms with Crippen molar-refractivity contribution in [3.05, 3.63) is 0 Å². The van der Waals surface area contributed by atoms with E-state index in [0.29, 0.717) is 0 Å². The summed E-state index contributed by atoms with van der Waals surface area (Å²) in [5.74, 6) is -3.69. The van der Waals surface area contributed by atoms with Gasteiger partial charge in [0, 0.05) is 19.0 Å². The van der Waals surface area contributed by atoms with Gasteiger partial charge >= 0.3 is 0 Å². The molecule has 1 saturated heterocycles. The van der Waals surface area contributed by atoms with Gasteiger partial charge in [-0.1, -0.05) is 0 Å². The Morgan fingerprint density at radius 3 is 2.31 bits per heavy atom. The van der Waals surface area contributed by atoms with Crippen LogP contribution >= 0.6 is 0 Å². The van der Waals surface area contributed by atoms with Crippen LogP contribution in [-0.2, 0) is 0 Å². The van der Waals surface area contributed by atoms with Gasteiger partial charge in [0.05, 0.1) is 13.1 Å². The Morgan fingerprint density at radius 1 is 1.38 bits per heavy atom. The summed E-state index contributed by atoms with van der Waals surface area (Å²) in [6.45, 7) is -1.14. The van der Waals surface area contributed by atoms with E-state index < -0.39 is 31.4 Å². The van der Waals surface area contributed by atoms with Gasteiger partial charge in [0.25, 0.3) is 5.92 Å². The number of nitrogens with two attached hydrogens (primary N) is 1. The fourth-order valence-corrected chi connectivity index (χ4v) is 1.29. The summed E-state index contributed by atoms with van der Waals surface area (Å²) < 4.78 is 49.1. The summed E-state index contributed by atoms with van der Waals surface area (Å²) in [4.78, 5) is 1.30. The third-order valence-corrected chi connectivity index (χ3v) is 2.10. The molecule has 2 nitrogen and oxygen atoms in total. The number of hydrogen-bond acceptors (Lipinski definition) is 2. The van der Waals surface area contributed by atoms with Crippen molar-refractivity contribution in [1.29, 1.82) is 0 Å². The van der Waals surface area contributed by atoms with Crippen LogP contribution < -0.4 is 5.73 Å². The van der Waals surface area contributed by atoms with Gasteiger partial charge in [-0.25, -0.2) is 17.6 Å². The minimum absolute atomic E-state index is 0.0489. The highest BCUT2D eigenvalue weighted by Crippen LogP contribution is 2.25. The van der Waals surface area contributed by atoms with E-state index >= 15 is 0 Å². The Bertz CT molecular complexity index is 168. The summed E-state index contributed by atoms with van der Waals surface area (Å²) in [5.41, 5.74) is 4.80. The zero-order chi connectivity index (χ0) is 10.1. The second-order valence-electron chi connectivity index (χ2n) is 3.35. The lowest BCUT2D eigenvalue weighted by Gasteiger charge is -2.40. The summed E-state index contributed by atoms with van der Waals surface area (Å²) in [5, 5.41) is 0. The molecule has 13 heavy (non-hydrogen) atoms. The van der Waals surface area contributed by atoms with Gasteiger partial charge in [0.2, 0.25) is 6.43 Å². The van der Waals surface area contributed by atoms with Crippen molar-refractivity contribution in [2.24, 2.45) is 11.7 Å². The van der Waals surface area contributed by atoms with E-state index in [-0.39, 0.29) is 13.1 Å². The predicted molar refractivity (Wildman–Crippen MR) is 39.9 cm³/mol. The fraction of sp³-hybridized carbons (Fsp3) is 1.00. The highest BCUT2D eigenvalue weighted by Gasteiger charge is 2.39. The van der Waals surface area contributed by atoms with E-state index in [1.165, 1.54) is 4.90 Å². The van der Waals surface area contributed by atoms with E-state index in [1.807, 2.05) is 0 Å². The first-order valence-corrected chi connectivity index (χ1v) is 4.03. The van der Waals surface area contributed by atoms with E-state index in [2.05, 4.69) is 0 Å². The molecule has 0 aromatic rings. The Balaban J connectivity index is 2.21. The largest absolute Gasteiger partial charge is 0.325 e. The maximum absolute atomic E-state index is 12.6. The standard InChI is InChI=1S/C7H12F4N2/c8-6(9)5-1-13(2-5)4-7(10,11)3-12/h5-6H,1-4,12H2. The minimum atomic E-state index is -2.95. The van der Waals surface area contributed by atoms with Crippen molar-refractivity contribution in [2.45, 2.75) is 12.3 Å². The fourth-order valence-electron chi connectivity index (χ4n) is 1.29. The van der Waals surface area contributed by atoms with Gasteiger partial charge < -0.3 is 5.73 Å². The molecule has 0 aromatic heterocycles. The molecule has 0 atom stereocenters. The molecule has 1 fully saturated rings. The van der Waals surface area contributed by atoms with Gasteiger partial charge in [0.1, 0.15) is 0 Å². The van der Waals surface area contributed by atoms with Gasteiger partial charge in [-0.3, -0.25) is 4.90 Å². The monoisotopic (exact) mass is 200 g/mol. The van der Waals surface area contributed by atoms with Crippen LogP contribution in [0.25, 0.3) is 0 Å². The molecule has 1 heterocycles. The van der Waals surface area contributed by atoms with Crippen molar-refractivity contribution in [1.82, 2.24) is 4.90 Å². The maximum atomic E-state index is 12.6. The highest BCUT2D eigenvalue weighted by molar-refractivity contribution is 4.85. The highest BCUT2D eigenvalue weighted by atomic mass is 19.3. The molecule has 78 valence electrons. The van der Waals surface area contributed by atoms with Crippen LogP contribution in [0.4, 0.5) is 17.6 Å². The van der Waals surface area contributed by atoms with Crippen molar-refractivity contribution < 1.29 is 17.6 Å². The second kappa shape index (κ2) is 3.79. The predicted octanol–water partition coefficient (Wildman–Crippen LogP) is 0.777. The average molecular weight is 200 g/mol. The number of nitrogens with zero attached hydrogens (tertiary/aromatic N) is 1. The zero-order valence-corrected chi connectivity index (χ0v) is 7.02. The quantitative estimate of drug-likeness (QED) is 0.679. The number of hydrogen-bond donors (Lipinski definition) is 1. The molecule has 0 spiro atoms. The Labute approximate surface area is 73.7 Å². The molecule has 0 unspecified atom stereocenters. The summed E-state index contributed by atoms with van der Waals surface area (Å²) in [6, 6.07) is 0. The molecule has 0 bridgehead atoms. The van der Waals surface area contributed by atoms with E-state index in [4.69, 9.17) is 5.73 Å². The molecule has 0 aliphatic carbocycles. The van der Waals surface area contributed by atoms with Crippen LogP contribution in [0.1, 0.15) is 0 Å². The lowest BCUT2D eigenvalue weighted by atomic mass is 10.0. The SMILES string of the molecule is NCC(F)(F)CN1CC(C(F)F)C1. The average Bonchev–Trinajstić information content (AvgIpc) is 1.95. The second-order valence-corrected chi connectivity index (χ2v) is 3.35. The first-order valence-electron chi connectivity index (χ1n) is 4.03. The van der Waals surface area contributed by atoms with Gasteiger partial charge in [-0.05, 0) is 0 Å². The zero-order valence-electron chi connectivity index (χ0n) is 7.02. The van der Waals surface area contributed by atoms with Gasteiger partial charge in [-0.15, -0.1) is 0 Å². The Morgan fingerprint density at radius 2 is 1.92 bits per heavy atom. The first kappa shape index (κ1) is 10.7. The van der Waals surface area contributed by atoms with Crippen LogP contribution in [-0.4, -0.2) is 43.4 Å². The maximum Gasteiger partial charge on any atom is 0.272 e. The third-order valence-electron chi connectivity index (χ3n) is 2.10. The molecule has 2 N–H and O–H groups in total. The van der Waals surface area contributed by atoms with Gasteiger partial charge in [0.15, 0.2) is 0 Å². The molecular weight excluding hydrogens is 188 g/mol. The van der Waals surface area contributed by atoms with Crippen molar-refractivity contribution in [2.75, 3.05) is 26.2 Å². The first-order chi connectivity index (χ1) is 5.94. The van der Waals surface area contributed by atoms with Crippen LogP contribution in [0.3, 0.4) is 0 Å². The smallest absolute Gasteiger partial charge is 0.272 e. The third kappa shape index (κ3) is 2.80. The number of rotatable bonds is 4. The van der Waals surface area contributed by atoms with Crippen molar-refractivity contribution >= 4 is 0 Å². The van der Waals surface area contributed by atoms with Gasteiger partial charge in [-0.2, -0.15) is 0 Å². The molecule has 1 aliphatic heterocycles. The van der Waals surface area contributed by atoms with E-state index in [9.17, 15) is 17.6 Å². The summed E-state index contributed by atoms with van der Waals surface area (Å²) in [7, 11) is 0. The molecule has 0 saturated carbocycles. The van der Waals surface area contributed by atoms with Crippen LogP contribution in [0.2, 0.25) is 0 Å². The van der Waals surface area contributed by atoms with Crippen molar-refractivity contribution in [3.8, 4) is 0 Å². The van der Waals surface area contributed by atoms with Crippen LogP contribution in [0.15, 0.2) is 0 Å². The Hall–Kier alpha value is -0.360. The normalized spacial score (nSPS) is 20.8. The molecule has 0 aromatic carbocycles. The topological polar surface area (TPSA) is 29.3 Å². The van der Waals surface area contributed by atoms with E-state index in [0.717, 1.165) is 0 Å². The molecule has 0 amide bonds. The van der Waals surface area contributed by atoms with Crippen LogP contribution in [0.5, 0.6) is 0 Å². The molecular formula is C7H12F4N2. The number of likely N-dealkylation sites (tertiary alicyclic amines) is 1. The summed E-state index contributed by atoms with van der Waals surface area (Å²) in [6.07, 6.45) is -2.40. The van der Waals surface area contributed by atoms with E-state index in [1.54, 1.807) is 0 Å². The minimum Gasteiger partial charge on any atom is -0.325 e. The molecule has 1 aliphatic rings. The van der Waals surface area contributed by atoms with Crippen molar-refractivity contribution in [3.63, 3.8) is 0 Å². The molecule has 1 rings (SSSR count). The molecule has 0 radical (unpaired) electrons. The van der Waals surface area contributed by atoms with Crippen LogP contribution in [0, 0.1) is 5.92 Å². The number of alkyl halides is 4.